The van der Waals surface area contributed by atoms with Gasteiger partial charge in [-0.2, -0.15) is 0 Å². The van der Waals surface area contributed by atoms with Crippen LogP contribution in [0.1, 0.15) is 45.6 Å². The first-order valence-corrected chi connectivity index (χ1v) is 11.9. The first kappa shape index (κ1) is 30.4. The number of nitrogens with zero attached hydrogens (tertiary/aromatic N) is 1. The lowest BCUT2D eigenvalue weighted by molar-refractivity contribution is -0.141. The van der Waals surface area contributed by atoms with Gasteiger partial charge in [-0.25, -0.2) is 0 Å². The number of hydrogen-bond acceptors (Lipinski definition) is 6. The van der Waals surface area contributed by atoms with Crippen molar-refractivity contribution in [1.29, 1.82) is 0 Å². The predicted octanol–water partition coefficient (Wildman–Crippen LogP) is -0.785. The number of carbonyl (C=O) groups excluding carboxylic acids is 3. The fraction of sp³-hybridized carbons (Fsp3) is 0.542. The van der Waals surface area contributed by atoms with Gasteiger partial charge in [-0.1, -0.05) is 50.6 Å². The van der Waals surface area contributed by atoms with Crippen molar-refractivity contribution in [2.24, 2.45) is 28.1 Å². The lowest BCUT2D eigenvalue weighted by Gasteiger charge is -2.26. The van der Waals surface area contributed by atoms with Gasteiger partial charge >= 0.3 is 5.97 Å². The van der Waals surface area contributed by atoms with Crippen molar-refractivity contribution in [3.05, 3.63) is 35.9 Å². The highest BCUT2D eigenvalue weighted by molar-refractivity contribution is 5.94. The smallest absolute Gasteiger partial charge is 0.325 e. The fourth-order valence-electron chi connectivity index (χ4n) is 3.26. The van der Waals surface area contributed by atoms with Crippen molar-refractivity contribution < 1.29 is 24.3 Å². The van der Waals surface area contributed by atoms with Gasteiger partial charge in [0.15, 0.2) is 5.96 Å². The van der Waals surface area contributed by atoms with Crippen LogP contribution in [0.2, 0.25) is 0 Å². The van der Waals surface area contributed by atoms with E-state index in [0.717, 1.165) is 5.56 Å². The maximum atomic E-state index is 13.3. The molecule has 12 nitrogen and oxygen atoms in total. The third-order valence-electron chi connectivity index (χ3n) is 5.78. The van der Waals surface area contributed by atoms with Gasteiger partial charge in [0.05, 0.1) is 6.04 Å². The Hall–Kier alpha value is -3.67. The van der Waals surface area contributed by atoms with Crippen LogP contribution in [0.5, 0.6) is 0 Å². The Labute approximate surface area is 211 Å². The molecule has 5 atom stereocenters. The number of aliphatic imine (C=N–C) groups is 1. The molecule has 0 aliphatic carbocycles. The van der Waals surface area contributed by atoms with Crippen LogP contribution in [-0.2, 0) is 25.6 Å². The molecule has 0 spiro atoms. The van der Waals surface area contributed by atoms with E-state index in [1.54, 1.807) is 0 Å². The molecule has 5 unspecified atom stereocenters. The van der Waals surface area contributed by atoms with Crippen molar-refractivity contribution in [2.45, 2.75) is 70.6 Å². The Morgan fingerprint density at radius 3 is 2.08 bits per heavy atom. The molecule has 36 heavy (non-hydrogen) atoms. The first-order chi connectivity index (χ1) is 17.0. The molecule has 0 heterocycles. The van der Waals surface area contributed by atoms with Crippen LogP contribution in [0, 0.1) is 5.92 Å². The highest BCUT2D eigenvalue weighted by Crippen LogP contribution is 2.09. The van der Waals surface area contributed by atoms with Crippen molar-refractivity contribution in [2.75, 3.05) is 6.54 Å². The maximum Gasteiger partial charge on any atom is 0.325 e. The molecule has 12 heteroatoms. The summed E-state index contributed by atoms with van der Waals surface area (Å²) in [7, 11) is 0. The molecule has 0 fully saturated rings. The van der Waals surface area contributed by atoms with Crippen LogP contribution < -0.4 is 33.2 Å². The minimum absolute atomic E-state index is 0.1000. The van der Waals surface area contributed by atoms with Crippen molar-refractivity contribution >= 4 is 29.7 Å². The summed E-state index contributed by atoms with van der Waals surface area (Å²) in [5.41, 5.74) is 17.5. The van der Waals surface area contributed by atoms with Gasteiger partial charge in [0.2, 0.25) is 17.7 Å². The SMILES string of the molecule is CCC(C)C(N)C(=O)NC(Cc1ccccc1)C(=O)NC(CCCN=C(N)N)C(=O)NC(C)C(=O)O. The quantitative estimate of drug-likeness (QED) is 0.0908. The summed E-state index contributed by atoms with van der Waals surface area (Å²) in [4.78, 5) is 53.9. The van der Waals surface area contributed by atoms with E-state index >= 15 is 0 Å². The second-order valence-electron chi connectivity index (χ2n) is 8.74. The lowest BCUT2D eigenvalue weighted by Crippen LogP contribution is -2.58. The van der Waals surface area contributed by atoms with Crippen LogP contribution in [0.25, 0.3) is 0 Å². The van der Waals surface area contributed by atoms with Crippen molar-refractivity contribution in [1.82, 2.24) is 16.0 Å². The van der Waals surface area contributed by atoms with Crippen LogP contribution in [0.4, 0.5) is 0 Å². The van der Waals surface area contributed by atoms with Gasteiger partial charge in [0.25, 0.3) is 0 Å². The zero-order chi connectivity index (χ0) is 27.3. The number of rotatable bonds is 15. The average Bonchev–Trinajstić information content (AvgIpc) is 2.84. The second-order valence-corrected chi connectivity index (χ2v) is 8.74. The van der Waals surface area contributed by atoms with Gasteiger partial charge in [0, 0.05) is 13.0 Å². The maximum absolute atomic E-state index is 13.3. The number of nitrogens with one attached hydrogen (secondary N) is 3. The summed E-state index contributed by atoms with van der Waals surface area (Å²) in [5, 5.41) is 16.8. The molecular formula is C24H39N7O5. The Balaban J connectivity index is 3.09. The summed E-state index contributed by atoms with van der Waals surface area (Å²) in [6, 6.07) is 5.01. The van der Waals surface area contributed by atoms with Crippen molar-refractivity contribution in [3.63, 3.8) is 0 Å². The molecule has 0 aliphatic rings. The summed E-state index contributed by atoms with van der Waals surface area (Å²) in [6.45, 7) is 5.28. The molecule has 1 aromatic rings. The third kappa shape index (κ3) is 10.7. The van der Waals surface area contributed by atoms with Crippen LogP contribution in [0.15, 0.2) is 35.3 Å². The summed E-state index contributed by atoms with van der Waals surface area (Å²) in [6.07, 6.45) is 1.33. The van der Waals surface area contributed by atoms with E-state index in [9.17, 15) is 19.2 Å². The summed E-state index contributed by atoms with van der Waals surface area (Å²) in [5.74, 6) is -3.19. The molecule has 0 radical (unpaired) electrons. The molecule has 0 aliphatic heterocycles. The molecule has 200 valence electrons. The van der Waals surface area contributed by atoms with Crippen LogP contribution in [-0.4, -0.2) is 65.5 Å². The molecule has 0 aromatic heterocycles. The zero-order valence-corrected chi connectivity index (χ0v) is 21.1. The molecule has 0 saturated carbocycles. The monoisotopic (exact) mass is 505 g/mol. The molecular weight excluding hydrogens is 466 g/mol. The highest BCUT2D eigenvalue weighted by atomic mass is 16.4. The second kappa shape index (κ2) is 15.4. The number of amides is 3. The Morgan fingerprint density at radius 1 is 0.944 bits per heavy atom. The van der Waals surface area contributed by atoms with Gasteiger partial charge in [-0.15, -0.1) is 0 Å². The first-order valence-electron chi connectivity index (χ1n) is 11.9. The van der Waals surface area contributed by atoms with E-state index in [1.165, 1.54) is 6.92 Å². The minimum atomic E-state index is -1.22. The van der Waals surface area contributed by atoms with Gasteiger partial charge < -0.3 is 38.3 Å². The molecule has 3 amide bonds. The predicted molar refractivity (Wildman–Crippen MR) is 137 cm³/mol. The number of nitrogens with two attached hydrogens (primary N) is 3. The van der Waals surface area contributed by atoms with E-state index < -0.39 is 47.9 Å². The van der Waals surface area contributed by atoms with Gasteiger partial charge in [0.1, 0.15) is 18.1 Å². The molecule has 1 rings (SSSR count). The summed E-state index contributed by atoms with van der Waals surface area (Å²) >= 11 is 0. The normalized spacial score (nSPS) is 14.9. The Morgan fingerprint density at radius 2 is 1.53 bits per heavy atom. The Kier molecular flexibility index (Phi) is 12.9. The number of guanidine groups is 1. The summed E-state index contributed by atoms with van der Waals surface area (Å²) < 4.78 is 0. The largest absolute Gasteiger partial charge is 0.480 e. The van der Waals surface area contributed by atoms with Crippen LogP contribution in [0.3, 0.4) is 0 Å². The number of carboxylic acid groups (broad SMARTS) is 1. The third-order valence-corrected chi connectivity index (χ3v) is 5.78. The van der Waals surface area contributed by atoms with E-state index in [2.05, 4.69) is 20.9 Å². The number of carbonyl (C=O) groups is 4. The molecule has 0 saturated heterocycles. The topological polar surface area (TPSA) is 215 Å². The molecule has 0 bridgehead atoms. The van der Waals surface area contributed by atoms with Crippen molar-refractivity contribution in [3.8, 4) is 0 Å². The van der Waals surface area contributed by atoms with E-state index in [4.69, 9.17) is 22.3 Å². The van der Waals surface area contributed by atoms with E-state index in [0.29, 0.717) is 12.8 Å². The van der Waals surface area contributed by atoms with E-state index in [1.807, 2.05) is 44.2 Å². The molecule has 10 N–H and O–H groups in total. The lowest BCUT2D eigenvalue weighted by atomic mass is 9.98. The van der Waals surface area contributed by atoms with Crippen LogP contribution >= 0.6 is 0 Å². The standard InChI is InChI=1S/C24H39N7O5/c1-4-14(2)19(25)22(34)31-18(13-16-9-6-5-7-10-16)21(33)30-17(11-8-12-28-24(26)27)20(32)29-15(3)23(35)36/h5-7,9-10,14-15,17-19H,4,8,11-13,25H2,1-3H3,(H,29,32)(H,30,33)(H,31,34)(H,35,36)(H4,26,27,28). The minimum Gasteiger partial charge on any atom is -0.480 e. The van der Waals surface area contributed by atoms with Gasteiger partial charge in [-0.3, -0.25) is 24.2 Å². The zero-order valence-electron chi connectivity index (χ0n) is 21.1. The fourth-order valence-corrected chi connectivity index (χ4v) is 3.26. The average molecular weight is 506 g/mol. The van der Waals surface area contributed by atoms with E-state index in [-0.39, 0.29) is 31.3 Å². The number of hydrogen-bond donors (Lipinski definition) is 7. The number of carboxylic acids is 1. The van der Waals surface area contributed by atoms with Gasteiger partial charge in [-0.05, 0) is 31.2 Å². The highest BCUT2D eigenvalue weighted by Gasteiger charge is 2.30. The number of aliphatic carboxylic acids is 1. The Bertz CT molecular complexity index is 905. The number of benzene rings is 1. The molecule has 1 aromatic carbocycles.